The summed E-state index contributed by atoms with van der Waals surface area (Å²) in [5.41, 5.74) is 3.05. The van der Waals surface area contributed by atoms with E-state index in [9.17, 15) is 4.79 Å². The highest BCUT2D eigenvalue weighted by atomic mass is 79.9. The van der Waals surface area contributed by atoms with Crippen LogP contribution in [0.15, 0.2) is 69.6 Å². The zero-order valence-corrected chi connectivity index (χ0v) is 16.8. The van der Waals surface area contributed by atoms with Gasteiger partial charge in [-0.3, -0.25) is 4.79 Å². The molecule has 0 unspecified atom stereocenters. The van der Waals surface area contributed by atoms with Gasteiger partial charge in [0.15, 0.2) is 5.58 Å². The van der Waals surface area contributed by atoms with Crippen LogP contribution in [0.5, 0.6) is 0 Å². The molecule has 4 aromatic rings. The van der Waals surface area contributed by atoms with Gasteiger partial charge in [-0.25, -0.2) is 4.98 Å². The molecule has 0 saturated carbocycles. The maximum Gasteiger partial charge on any atom is 0.257 e. The number of hydrogen-bond donors (Lipinski definition) is 1. The molecule has 0 spiro atoms. The zero-order valence-electron chi connectivity index (χ0n) is 13.7. The van der Waals surface area contributed by atoms with Crippen LogP contribution in [0.25, 0.3) is 22.6 Å². The van der Waals surface area contributed by atoms with Crippen molar-refractivity contribution >= 4 is 61.8 Å². The number of rotatable bonds is 3. The van der Waals surface area contributed by atoms with E-state index in [-0.39, 0.29) is 5.91 Å². The Morgan fingerprint density at radius 2 is 1.85 bits per heavy atom. The minimum absolute atomic E-state index is 0.290. The number of amides is 1. The van der Waals surface area contributed by atoms with Crippen LogP contribution in [0.3, 0.4) is 0 Å². The summed E-state index contributed by atoms with van der Waals surface area (Å²) in [6, 6.07) is 17.7. The van der Waals surface area contributed by atoms with E-state index >= 15 is 0 Å². The molecular formula is C20H11BrCl2N2O2. The smallest absolute Gasteiger partial charge is 0.257 e. The number of hydrogen-bond acceptors (Lipinski definition) is 3. The van der Waals surface area contributed by atoms with E-state index in [1.54, 1.807) is 30.3 Å². The summed E-state index contributed by atoms with van der Waals surface area (Å²) in [5.74, 6) is 0.173. The third kappa shape index (κ3) is 3.72. The summed E-state index contributed by atoms with van der Waals surface area (Å²) in [7, 11) is 0. The first-order chi connectivity index (χ1) is 13.0. The van der Waals surface area contributed by atoms with Crippen molar-refractivity contribution in [3.05, 3.63) is 80.7 Å². The Hall–Kier alpha value is -2.34. The highest BCUT2D eigenvalue weighted by molar-refractivity contribution is 9.10. The molecule has 3 aromatic carbocycles. The topological polar surface area (TPSA) is 55.1 Å². The number of carbonyl (C=O) groups excluding carboxylic acids is 1. The Morgan fingerprint density at radius 1 is 1.04 bits per heavy atom. The lowest BCUT2D eigenvalue weighted by molar-refractivity contribution is 0.102. The van der Waals surface area contributed by atoms with Gasteiger partial charge in [0.2, 0.25) is 5.89 Å². The van der Waals surface area contributed by atoms with Crippen LogP contribution in [0.4, 0.5) is 5.69 Å². The average Bonchev–Trinajstić information content (AvgIpc) is 3.05. The van der Waals surface area contributed by atoms with Crippen LogP contribution in [0.1, 0.15) is 10.4 Å². The number of halogens is 3. The first kappa shape index (κ1) is 18.0. The van der Waals surface area contributed by atoms with Gasteiger partial charge in [0.1, 0.15) is 5.52 Å². The number of aromatic nitrogens is 1. The number of oxazole rings is 1. The second-order valence-corrected chi connectivity index (χ2v) is 7.46. The largest absolute Gasteiger partial charge is 0.436 e. The number of nitrogens with zero attached hydrogens (tertiary/aromatic N) is 1. The standard InChI is InChI=1S/C20H11BrCl2N2O2/c21-15-4-2-1-3-13(15)20-25-17-10-12(6-8-18(17)27-20)24-19(26)14-7-5-11(22)9-16(14)23/h1-10H,(H,24,26). The second kappa shape index (κ2) is 7.35. The van der Waals surface area contributed by atoms with Gasteiger partial charge < -0.3 is 9.73 Å². The highest BCUT2D eigenvalue weighted by Crippen LogP contribution is 2.31. The summed E-state index contributed by atoms with van der Waals surface area (Å²) in [5, 5.41) is 3.58. The van der Waals surface area contributed by atoms with E-state index in [0.717, 1.165) is 10.0 Å². The maximum atomic E-state index is 12.5. The van der Waals surface area contributed by atoms with Gasteiger partial charge in [-0.05, 0) is 64.5 Å². The maximum absolute atomic E-state index is 12.5. The Morgan fingerprint density at radius 3 is 2.63 bits per heavy atom. The Labute approximate surface area is 173 Å². The molecular weight excluding hydrogens is 451 g/mol. The SMILES string of the molecule is O=C(Nc1ccc2oc(-c3ccccc3Br)nc2c1)c1ccc(Cl)cc1Cl. The molecule has 0 aliphatic carbocycles. The van der Waals surface area contributed by atoms with Crippen molar-refractivity contribution in [3.8, 4) is 11.5 Å². The molecule has 0 fully saturated rings. The van der Waals surface area contributed by atoms with Crippen molar-refractivity contribution in [1.82, 2.24) is 4.98 Å². The van der Waals surface area contributed by atoms with Crippen molar-refractivity contribution in [2.75, 3.05) is 5.32 Å². The van der Waals surface area contributed by atoms with Crippen LogP contribution in [0.2, 0.25) is 10.0 Å². The van der Waals surface area contributed by atoms with Crippen LogP contribution >= 0.6 is 39.1 Å². The molecule has 4 rings (SSSR count). The van der Waals surface area contributed by atoms with E-state index < -0.39 is 0 Å². The molecule has 1 N–H and O–H groups in total. The predicted octanol–water partition coefficient (Wildman–Crippen LogP) is 6.82. The van der Waals surface area contributed by atoms with Crippen molar-refractivity contribution < 1.29 is 9.21 Å². The summed E-state index contributed by atoms with van der Waals surface area (Å²) >= 11 is 15.5. The van der Waals surface area contributed by atoms with Crippen LogP contribution < -0.4 is 5.32 Å². The Balaban J connectivity index is 1.64. The van der Waals surface area contributed by atoms with Crippen LogP contribution in [-0.4, -0.2) is 10.9 Å². The minimum Gasteiger partial charge on any atom is -0.436 e. The van der Waals surface area contributed by atoms with Gasteiger partial charge in [0, 0.05) is 15.2 Å². The summed E-state index contributed by atoms with van der Waals surface area (Å²) < 4.78 is 6.71. The lowest BCUT2D eigenvalue weighted by Crippen LogP contribution is -2.12. The number of benzene rings is 3. The minimum atomic E-state index is -0.328. The van der Waals surface area contributed by atoms with E-state index in [0.29, 0.717) is 38.3 Å². The van der Waals surface area contributed by atoms with E-state index in [2.05, 4.69) is 26.2 Å². The van der Waals surface area contributed by atoms with Crippen molar-refractivity contribution in [1.29, 1.82) is 0 Å². The number of nitrogens with one attached hydrogen (secondary N) is 1. The summed E-state index contributed by atoms with van der Waals surface area (Å²) in [4.78, 5) is 17.0. The number of anilines is 1. The van der Waals surface area contributed by atoms with E-state index in [4.69, 9.17) is 27.6 Å². The zero-order chi connectivity index (χ0) is 19.0. The van der Waals surface area contributed by atoms with Gasteiger partial charge in [-0.1, -0.05) is 35.3 Å². The molecule has 4 nitrogen and oxygen atoms in total. The van der Waals surface area contributed by atoms with Gasteiger partial charge in [0.25, 0.3) is 5.91 Å². The normalized spacial score (nSPS) is 10.9. The average molecular weight is 462 g/mol. The molecule has 1 aromatic heterocycles. The second-order valence-electron chi connectivity index (χ2n) is 5.76. The molecule has 0 aliphatic rings. The van der Waals surface area contributed by atoms with Gasteiger partial charge in [-0.2, -0.15) is 0 Å². The lowest BCUT2D eigenvalue weighted by Gasteiger charge is -2.06. The Bertz CT molecular complexity index is 1170. The Kier molecular flexibility index (Phi) is 4.91. The molecule has 0 aliphatic heterocycles. The van der Waals surface area contributed by atoms with Crippen molar-refractivity contribution in [2.24, 2.45) is 0 Å². The molecule has 1 amide bonds. The first-order valence-corrected chi connectivity index (χ1v) is 9.48. The molecule has 0 radical (unpaired) electrons. The van der Waals surface area contributed by atoms with Gasteiger partial charge in [-0.15, -0.1) is 0 Å². The third-order valence-electron chi connectivity index (χ3n) is 3.93. The van der Waals surface area contributed by atoms with Crippen LogP contribution in [0, 0.1) is 0 Å². The fourth-order valence-corrected chi connectivity index (χ4v) is 3.58. The number of fused-ring (bicyclic) bond motifs is 1. The van der Waals surface area contributed by atoms with E-state index in [1.165, 1.54) is 6.07 Å². The first-order valence-electron chi connectivity index (χ1n) is 7.93. The quantitative estimate of drug-likeness (QED) is 0.364. The molecule has 134 valence electrons. The van der Waals surface area contributed by atoms with Crippen molar-refractivity contribution in [3.63, 3.8) is 0 Å². The predicted molar refractivity (Wildman–Crippen MR) is 112 cm³/mol. The summed E-state index contributed by atoms with van der Waals surface area (Å²) in [6.45, 7) is 0. The molecule has 0 bridgehead atoms. The van der Waals surface area contributed by atoms with Gasteiger partial charge >= 0.3 is 0 Å². The lowest BCUT2D eigenvalue weighted by atomic mass is 10.2. The molecule has 1 heterocycles. The highest BCUT2D eigenvalue weighted by Gasteiger charge is 2.14. The molecule has 0 saturated heterocycles. The fraction of sp³-hybridized carbons (Fsp3) is 0. The van der Waals surface area contributed by atoms with Crippen LogP contribution in [-0.2, 0) is 0 Å². The fourth-order valence-electron chi connectivity index (χ4n) is 2.63. The molecule has 0 atom stereocenters. The monoisotopic (exact) mass is 460 g/mol. The van der Waals surface area contributed by atoms with Gasteiger partial charge in [0.05, 0.1) is 16.1 Å². The van der Waals surface area contributed by atoms with E-state index in [1.807, 2.05) is 24.3 Å². The number of carbonyl (C=O) groups is 1. The summed E-state index contributed by atoms with van der Waals surface area (Å²) in [6.07, 6.45) is 0. The van der Waals surface area contributed by atoms with Crippen molar-refractivity contribution in [2.45, 2.75) is 0 Å². The molecule has 27 heavy (non-hydrogen) atoms. The molecule has 7 heteroatoms. The third-order valence-corrected chi connectivity index (χ3v) is 5.16.